The first-order valence-corrected chi connectivity index (χ1v) is 3.67. The average molecular weight is 173 g/mol. The Morgan fingerprint density at radius 1 is 1.46 bits per heavy atom. The lowest BCUT2D eigenvalue weighted by molar-refractivity contribution is 0.310. The van der Waals surface area contributed by atoms with Gasteiger partial charge in [-0.15, -0.1) is 22.5 Å². The predicted molar refractivity (Wildman–Crippen MR) is 45.7 cm³/mol. The maximum Gasteiger partial charge on any atom is 0.233 e. The van der Waals surface area contributed by atoms with Gasteiger partial charge in [0.15, 0.2) is 5.69 Å². The lowest BCUT2D eigenvalue weighted by Crippen LogP contribution is -1.99. The van der Waals surface area contributed by atoms with Crippen LogP contribution in [-0.4, -0.2) is 16.8 Å². The lowest BCUT2D eigenvalue weighted by atomic mass is 10.4. The highest BCUT2D eigenvalue weighted by molar-refractivity contribution is 5.21. The van der Waals surface area contributed by atoms with E-state index in [1.807, 2.05) is 6.07 Å². The summed E-state index contributed by atoms with van der Waals surface area (Å²) in [6, 6.07) is 4.99. The Morgan fingerprint density at radius 2 is 2.31 bits per heavy atom. The molecule has 0 amide bonds. The van der Waals surface area contributed by atoms with Crippen LogP contribution in [0.15, 0.2) is 12.1 Å². The molecule has 4 nitrogen and oxygen atoms in total. The average Bonchev–Trinajstić information content (AvgIpc) is 2.19. The summed E-state index contributed by atoms with van der Waals surface area (Å²) in [5, 5.41) is 15.7. The van der Waals surface area contributed by atoms with Crippen LogP contribution in [-0.2, 0) is 0 Å². The Hall–Kier alpha value is -2.07. The van der Waals surface area contributed by atoms with E-state index >= 15 is 0 Å². The van der Waals surface area contributed by atoms with E-state index < -0.39 is 0 Å². The Bertz CT molecular complexity index is 345. The van der Waals surface area contributed by atoms with Gasteiger partial charge >= 0.3 is 0 Å². The minimum Gasteiger partial charge on any atom is -0.476 e. The number of rotatable bonds is 3. The molecule has 0 saturated carbocycles. The molecule has 0 saturated heterocycles. The van der Waals surface area contributed by atoms with E-state index in [1.165, 1.54) is 6.07 Å². The molecule has 1 heterocycles. The highest BCUT2D eigenvalue weighted by Gasteiger charge is 1.96. The molecule has 0 spiro atoms. The summed E-state index contributed by atoms with van der Waals surface area (Å²) in [7, 11) is 0. The molecule has 0 N–H and O–H groups in total. The molecule has 0 aliphatic heterocycles. The van der Waals surface area contributed by atoms with E-state index in [0.717, 1.165) is 0 Å². The molecule has 1 aromatic heterocycles. The van der Waals surface area contributed by atoms with Crippen molar-refractivity contribution in [3.63, 3.8) is 0 Å². The molecule has 0 fully saturated rings. The zero-order valence-corrected chi connectivity index (χ0v) is 6.90. The molecular weight excluding hydrogens is 166 g/mol. The molecule has 4 heteroatoms. The van der Waals surface area contributed by atoms with Crippen LogP contribution < -0.4 is 4.74 Å². The summed E-state index contributed by atoms with van der Waals surface area (Å²) in [6.45, 7) is 0.414. The first-order valence-electron chi connectivity index (χ1n) is 3.67. The van der Waals surface area contributed by atoms with Gasteiger partial charge in [0.05, 0.1) is 0 Å². The van der Waals surface area contributed by atoms with Crippen LogP contribution in [0.4, 0.5) is 0 Å². The Kier molecular flexibility index (Phi) is 3.29. The third-order valence-electron chi connectivity index (χ3n) is 1.25. The molecule has 64 valence electrons. The van der Waals surface area contributed by atoms with Crippen molar-refractivity contribution in [3.05, 3.63) is 17.8 Å². The molecule has 0 aliphatic rings. The number of nitriles is 1. The van der Waals surface area contributed by atoms with Crippen LogP contribution in [0.3, 0.4) is 0 Å². The van der Waals surface area contributed by atoms with Gasteiger partial charge < -0.3 is 4.74 Å². The van der Waals surface area contributed by atoms with Crippen molar-refractivity contribution in [2.45, 2.75) is 6.42 Å². The maximum atomic E-state index is 8.42. The fourth-order valence-corrected chi connectivity index (χ4v) is 0.671. The number of aromatic nitrogens is 2. The largest absolute Gasteiger partial charge is 0.476 e. The lowest BCUT2D eigenvalue weighted by Gasteiger charge is -2.00. The highest BCUT2D eigenvalue weighted by Crippen LogP contribution is 2.03. The number of terminal acetylenes is 1. The Labute approximate surface area is 76.2 Å². The summed E-state index contributed by atoms with van der Waals surface area (Å²) in [4.78, 5) is 0. The van der Waals surface area contributed by atoms with Crippen molar-refractivity contribution in [1.29, 1.82) is 5.26 Å². The van der Waals surface area contributed by atoms with E-state index in [2.05, 4.69) is 16.1 Å². The minimum atomic E-state index is 0.268. The van der Waals surface area contributed by atoms with Crippen LogP contribution in [0.2, 0.25) is 0 Å². The summed E-state index contributed by atoms with van der Waals surface area (Å²) in [5.74, 6) is 2.82. The fraction of sp³-hybridized carbons (Fsp3) is 0.222. The second-order valence-electron chi connectivity index (χ2n) is 2.17. The monoisotopic (exact) mass is 173 g/mol. The summed E-state index contributed by atoms with van der Waals surface area (Å²) >= 11 is 0. The molecule has 0 unspecified atom stereocenters. The van der Waals surface area contributed by atoms with Gasteiger partial charge in [-0.3, -0.25) is 0 Å². The molecule has 0 bridgehead atoms. The van der Waals surface area contributed by atoms with Gasteiger partial charge in [-0.05, 0) is 6.07 Å². The molecule has 0 aromatic carbocycles. The molecule has 0 aliphatic carbocycles. The maximum absolute atomic E-state index is 8.42. The van der Waals surface area contributed by atoms with Gasteiger partial charge in [0, 0.05) is 12.5 Å². The van der Waals surface area contributed by atoms with E-state index in [0.29, 0.717) is 18.9 Å². The van der Waals surface area contributed by atoms with Crippen LogP contribution in [0.5, 0.6) is 5.88 Å². The topological polar surface area (TPSA) is 58.8 Å². The van der Waals surface area contributed by atoms with Crippen molar-refractivity contribution >= 4 is 0 Å². The van der Waals surface area contributed by atoms with Crippen LogP contribution in [0, 0.1) is 23.7 Å². The predicted octanol–water partition coefficient (Wildman–Crippen LogP) is 0.750. The van der Waals surface area contributed by atoms with Crippen LogP contribution in [0.1, 0.15) is 12.1 Å². The summed E-state index contributed by atoms with van der Waals surface area (Å²) in [5.41, 5.74) is 0.268. The molecular formula is C9H7N3O. The fourth-order valence-electron chi connectivity index (χ4n) is 0.671. The Balaban J connectivity index is 2.52. The molecule has 0 radical (unpaired) electrons. The van der Waals surface area contributed by atoms with Gasteiger partial charge in [0.2, 0.25) is 5.88 Å². The first kappa shape index (κ1) is 9.02. The van der Waals surface area contributed by atoms with Crippen LogP contribution >= 0.6 is 0 Å². The van der Waals surface area contributed by atoms with E-state index in [1.54, 1.807) is 6.07 Å². The van der Waals surface area contributed by atoms with Crippen LogP contribution in [0.25, 0.3) is 0 Å². The second kappa shape index (κ2) is 4.74. The summed E-state index contributed by atoms with van der Waals surface area (Å²) in [6.07, 6.45) is 5.56. The Morgan fingerprint density at radius 3 is 2.85 bits per heavy atom. The molecule has 13 heavy (non-hydrogen) atoms. The third kappa shape index (κ3) is 2.80. The van der Waals surface area contributed by atoms with Gasteiger partial charge in [-0.1, -0.05) is 0 Å². The second-order valence-corrected chi connectivity index (χ2v) is 2.17. The zero-order chi connectivity index (χ0) is 9.52. The number of hydrogen-bond acceptors (Lipinski definition) is 4. The number of hydrogen-bond donors (Lipinski definition) is 0. The van der Waals surface area contributed by atoms with Gasteiger partial charge in [-0.2, -0.15) is 5.26 Å². The number of ether oxygens (including phenoxy) is 1. The quantitative estimate of drug-likeness (QED) is 0.500. The number of nitrogens with zero attached hydrogens (tertiary/aromatic N) is 3. The van der Waals surface area contributed by atoms with Crippen molar-refractivity contribution < 1.29 is 4.74 Å². The van der Waals surface area contributed by atoms with Crippen molar-refractivity contribution in [2.75, 3.05) is 6.61 Å². The third-order valence-corrected chi connectivity index (χ3v) is 1.25. The van der Waals surface area contributed by atoms with E-state index in [9.17, 15) is 0 Å². The van der Waals surface area contributed by atoms with Crippen molar-refractivity contribution in [2.24, 2.45) is 0 Å². The standard InChI is InChI=1S/C9H7N3O/c1-2-3-6-13-9-5-4-8(7-10)11-12-9/h1,4-5H,3,6H2. The SMILES string of the molecule is C#CCCOc1ccc(C#N)nn1. The highest BCUT2D eigenvalue weighted by atomic mass is 16.5. The zero-order valence-electron chi connectivity index (χ0n) is 6.90. The van der Waals surface area contributed by atoms with Crippen molar-refractivity contribution in [3.8, 4) is 24.3 Å². The van der Waals surface area contributed by atoms with Gasteiger partial charge in [0.1, 0.15) is 12.7 Å². The van der Waals surface area contributed by atoms with E-state index in [-0.39, 0.29) is 5.69 Å². The summed E-state index contributed by atoms with van der Waals surface area (Å²) < 4.78 is 5.12. The first-order chi connectivity index (χ1) is 6.36. The van der Waals surface area contributed by atoms with Gasteiger partial charge in [-0.25, -0.2) is 0 Å². The van der Waals surface area contributed by atoms with Gasteiger partial charge in [0.25, 0.3) is 0 Å². The normalized spacial score (nSPS) is 8.46. The van der Waals surface area contributed by atoms with Crippen molar-refractivity contribution in [1.82, 2.24) is 10.2 Å². The van der Waals surface area contributed by atoms with E-state index in [4.69, 9.17) is 16.4 Å². The molecule has 1 aromatic rings. The molecule has 0 atom stereocenters. The molecule has 1 rings (SSSR count). The smallest absolute Gasteiger partial charge is 0.233 e. The minimum absolute atomic E-state index is 0.268.